The molecule has 0 radical (unpaired) electrons. The summed E-state index contributed by atoms with van der Waals surface area (Å²) in [7, 11) is 0. The largest absolute Gasteiger partial charge is 0.411 e. The van der Waals surface area contributed by atoms with Gasteiger partial charge in [0.15, 0.2) is 0 Å². The summed E-state index contributed by atoms with van der Waals surface area (Å²) in [5.74, 6) is 0.521. The second kappa shape index (κ2) is 7.82. The fourth-order valence-electron chi connectivity index (χ4n) is 3.08. The second-order valence-electron chi connectivity index (χ2n) is 7.95. The van der Waals surface area contributed by atoms with Crippen molar-refractivity contribution in [3.63, 3.8) is 0 Å². The summed E-state index contributed by atoms with van der Waals surface area (Å²) in [6, 6.07) is 8.50. The topological polar surface area (TPSA) is 68.0 Å². The zero-order valence-electron chi connectivity index (χ0n) is 15.9. The zero-order chi connectivity index (χ0) is 18.7. The van der Waals surface area contributed by atoms with E-state index in [9.17, 15) is 4.79 Å². The molecule has 6 heteroatoms. The van der Waals surface area contributed by atoms with E-state index in [1.165, 1.54) is 30.2 Å². The first kappa shape index (κ1) is 19.0. The number of aromatic nitrogens is 2. The number of rotatable bonds is 5. The normalized spacial score (nSPS) is 16.6. The second-order valence-corrected chi connectivity index (χ2v) is 9.24. The Morgan fingerprint density at radius 3 is 2.46 bits per heavy atom. The lowest BCUT2D eigenvalue weighted by molar-refractivity contribution is -0.120. The Morgan fingerprint density at radius 1 is 1.19 bits per heavy atom. The summed E-state index contributed by atoms with van der Waals surface area (Å²) in [5, 5.41) is 11.5. The average molecular weight is 374 g/mol. The Labute approximate surface area is 159 Å². The van der Waals surface area contributed by atoms with Crippen LogP contribution >= 0.6 is 11.8 Å². The van der Waals surface area contributed by atoms with Crippen molar-refractivity contribution in [1.29, 1.82) is 0 Å². The number of thioether (sulfide) groups is 1. The Balaban J connectivity index is 1.61. The molecule has 2 aromatic rings. The van der Waals surface area contributed by atoms with Gasteiger partial charge in [-0.2, -0.15) is 0 Å². The van der Waals surface area contributed by atoms with Crippen LogP contribution in [0.15, 0.2) is 33.9 Å². The van der Waals surface area contributed by atoms with Crippen molar-refractivity contribution in [1.82, 2.24) is 15.5 Å². The Kier molecular flexibility index (Phi) is 5.70. The average Bonchev–Trinajstić information content (AvgIpc) is 3.26. The third-order valence-corrected chi connectivity index (χ3v) is 5.69. The molecule has 1 saturated carbocycles. The highest BCUT2D eigenvalue weighted by Gasteiger charge is 2.23. The van der Waals surface area contributed by atoms with Gasteiger partial charge in [-0.15, -0.1) is 10.2 Å². The molecule has 0 spiro atoms. The molecule has 5 nitrogen and oxygen atoms in total. The molecule has 26 heavy (non-hydrogen) atoms. The van der Waals surface area contributed by atoms with E-state index < -0.39 is 0 Å². The Bertz CT molecular complexity index is 743. The molecule has 1 aliphatic carbocycles. The molecule has 3 rings (SSSR count). The van der Waals surface area contributed by atoms with Crippen LogP contribution in [0, 0.1) is 0 Å². The molecule has 0 saturated heterocycles. The number of hydrogen-bond acceptors (Lipinski definition) is 5. The van der Waals surface area contributed by atoms with Crippen molar-refractivity contribution in [2.45, 2.75) is 75.3 Å². The molecule has 1 atom stereocenters. The SMILES string of the molecule is C[C@@H](Sc1nnc(-c2ccc(C(C)(C)C)cc2)o1)C(=O)NC1CCCC1. The van der Waals surface area contributed by atoms with Crippen molar-refractivity contribution in [3.8, 4) is 11.5 Å². The van der Waals surface area contributed by atoms with Crippen molar-refractivity contribution in [3.05, 3.63) is 29.8 Å². The van der Waals surface area contributed by atoms with Crippen molar-refractivity contribution in [2.24, 2.45) is 0 Å². The van der Waals surface area contributed by atoms with Gasteiger partial charge in [0.25, 0.3) is 5.22 Å². The van der Waals surface area contributed by atoms with Gasteiger partial charge in [-0.25, -0.2) is 0 Å². The van der Waals surface area contributed by atoms with Gasteiger partial charge in [0.1, 0.15) is 0 Å². The van der Waals surface area contributed by atoms with E-state index >= 15 is 0 Å². The van der Waals surface area contributed by atoms with Crippen molar-refractivity contribution >= 4 is 17.7 Å². The molecular formula is C20H27N3O2S. The first-order valence-corrected chi connectivity index (χ1v) is 10.1. The molecule has 1 amide bonds. The van der Waals surface area contributed by atoms with Gasteiger partial charge in [-0.1, -0.05) is 57.5 Å². The summed E-state index contributed by atoms with van der Waals surface area (Å²) in [6.45, 7) is 8.42. The molecular weight excluding hydrogens is 346 g/mol. The van der Waals surface area contributed by atoms with Crippen LogP contribution in [0.5, 0.6) is 0 Å². The van der Waals surface area contributed by atoms with Crippen LogP contribution in [0.1, 0.15) is 58.9 Å². The highest BCUT2D eigenvalue weighted by atomic mass is 32.2. The number of nitrogens with zero attached hydrogens (tertiary/aromatic N) is 2. The van der Waals surface area contributed by atoms with Crippen molar-refractivity contribution in [2.75, 3.05) is 0 Å². The van der Waals surface area contributed by atoms with Gasteiger partial charge in [0.05, 0.1) is 5.25 Å². The minimum atomic E-state index is -0.257. The quantitative estimate of drug-likeness (QED) is 0.777. The highest BCUT2D eigenvalue weighted by Crippen LogP contribution is 2.29. The highest BCUT2D eigenvalue weighted by molar-refractivity contribution is 8.00. The van der Waals surface area contributed by atoms with Crippen LogP contribution in [0.4, 0.5) is 0 Å². The van der Waals surface area contributed by atoms with Crippen LogP contribution in [0.25, 0.3) is 11.5 Å². The van der Waals surface area contributed by atoms with E-state index in [0.29, 0.717) is 17.2 Å². The van der Waals surface area contributed by atoms with Gasteiger partial charge in [-0.05, 0) is 42.9 Å². The van der Waals surface area contributed by atoms with E-state index in [4.69, 9.17) is 4.42 Å². The lowest BCUT2D eigenvalue weighted by atomic mass is 9.87. The molecule has 140 valence electrons. The summed E-state index contributed by atoms with van der Waals surface area (Å²) in [4.78, 5) is 12.3. The van der Waals surface area contributed by atoms with Crippen LogP contribution in [-0.2, 0) is 10.2 Å². The predicted molar refractivity (Wildman–Crippen MR) is 104 cm³/mol. The Morgan fingerprint density at radius 2 is 1.85 bits per heavy atom. The number of amides is 1. The van der Waals surface area contributed by atoms with Gasteiger partial charge in [-0.3, -0.25) is 4.79 Å². The molecule has 0 bridgehead atoms. The first-order chi connectivity index (χ1) is 12.3. The maximum atomic E-state index is 12.3. The van der Waals surface area contributed by atoms with Crippen LogP contribution < -0.4 is 5.32 Å². The molecule has 0 aliphatic heterocycles. The lowest BCUT2D eigenvalue weighted by Gasteiger charge is -2.18. The van der Waals surface area contributed by atoms with Gasteiger partial charge >= 0.3 is 0 Å². The summed E-state index contributed by atoms with van der Waals surface area (Å²) in [5.41, 5.74) is 2.25. The van der Waals surface area contributed by atoms with E-state index in [2.05, 4.69) is 48.4 Å². The summed E-state index contributed by atoms with van der Waals surface area (Å²) < 4.78 is 5.75. The number of hydrogen-bond donors (Lipinski definition) is 1. The van der Waals surface area contributed by atoms with E-state index in [1.807, 2.05) is 19.1 Å². The van der Waals surface area contributed by atoms with Gasteiger partial charge in [0.2, 0.25) is 11.8 Å². The standard InChI is InChI=1S/C20H27N3O2S/c1-13(17(24)21-16-7-5-6-8-16)26-19-23-22-18(25-19)14-9-11-15(12-10-14)20(2,3)4/h9-13,16H,5-8H2,1-4H3,(H,21,24)/t13-/m1/s1. The molecule has 1 fully saturated rings. The van der Waals surface area contributed by atoms with Crippen LogP contribution in [0.3, 0.4) is 0 Å². The van der Waals surface area contributed by atoms with Gasteiger partial charge in [0, 0.05) is 11.6 Å². The van der Waals surface area contributed by atoms with Crippen LogP contribution in [-0.4, -0.2) is 27.4 Å². The number of nitrogens with one attached hydrogen (secondary N) is 1. The molecule has 1 heterocycles. The lowest BCUT2D eigenvalue weighted by Crippen LogP contribution is -2.37. The van der Waals surface area contributed by atoms with E-state index in [1.54, 1.807) is 0 Å². The number of carbonyl (C=O) groups is 1. The number of benzene rings is 1. The molecule has 1 N–H and O–H groups in total. The number of carbonyl (C=O) groups excluding carboxylic acids is 1. The van der Waals surface area contributed by atoms with Crippen molar-refractivity contribution < 1.29 is 9.21 Å². The Hall–Kier alpha value is -1.82. The third kappa shape index (κ3) is 4.67. The molecule has 1 aliphatic rings. The maximum absolute atomic E-state index is 12.3. The minimum absolute atomic E-state index is 0.0381. The molecule has 1 aromatic heterocycles. The monoisotopic (exact) mass is 373 g/mol. The summed E-state index contributed by atoms with van der Waals surface area (Å²) >= 11 is 1.31. The van der Waals surface area contributed by atoms with Gasteiger partial charge < -0.3 is 9.73 Å². The van der Waals surface area contributed by atoms with Crippen LogP contribution in [0.2, 0.25) is 0 Å². The minimum Gasteiger partial charge on any atom is -0.411 e. The molecule has 1 aromatic carbocycles. The fourth-order valence-corrected chi connectivity index (χ4v) is 3.77. The first-order valence-electron chi connectivity index (χ1n) is 9.24. The fraction of sp³-hybridized carbons (Fsp3) is 0.550. The maximum Gasteiger partial charge on any atom is 0.277 e. The zero-order valence-corrected chi connectivity index (χ0v) is 16.7. The van der Waals surface area contributed by atoms with E-state index in [-0.39, 0.29) is 16.6 Å². The third-order valence-electron chi connectivity index (χ3n) is 4.75. The van der Waals surface area contributed by atoms with E-state index in [0.717, 1.165) is 18.4 Å². The predicted octanol–water partition coefficient (Wildman–Crippen LogP) is 4.57. The molecule has 0 unspecified atom stereocenters. The smallest absolute Gasteiger partial charge is 0.277 e. The summed E-state index contributed by atoms with van der Waals surface area (Å²) in [6.07, 6.45) is 4.57.